The Labute approximate surface area is 107 Å². The zero-order valence-electron chi connectivity index (χ0n) is 9.29. The maximum Gasteiger partial charge on any atom is 0.0642 e. The van der Waals surface area contributed by atoms with Gasteiger partial charge in [0.2, 0.25) is 0 Å². The number of hydrogen-bond acceptors (Lipinski definition) is 2. The summed E-state index contributed by atoms with van der Waals surface area (Å²) >= 11 is 6.27. The van der Waals surface area contributed by atoms with Gasteiger partial charge in [-0.25, -0.2) is 0 Å². The summed E-state index contributed by atoms with van der Waals surface area (Å²) < 4.78 is 0. The number of benzene rings is 1. The van der Waals surface area contributed by atoms with Crippen molar-refractivity contribution in [2.45, 2.75) is 12.3 Å². The normalized spacial score (nSPS) is 22.4. The molecule has 88 valence electrons. The number of likely N-dealkylation sites (N-methyl/N-ethyl adjacent to an activating group) is 1. The fourth-order valence-electron chi connectivity index (χ4n) is 2.86. The lowest BCUT2D eigenvalue weighted by Crippen LogP contribution is -2.24. The van der Waals surface area contributed by atoms with Crippen molar-refractivity contribution in [3.05, 3.63) is 28.3 Å². The lowest BCUT2D eigenvalue weighted by molar-refractivity contribution is 0.625. The molecule has 0 radical (unpaired) electrons. The molecular weight excluding hydrogens is 243 g/mol. The third-order valence-electron chi connectivity index (χ3n) is 3.50. The number of halogens is 2. The first kappa shape index (κ1) is 12.0. The van der Waals surface area contributed by atoms with Crippen molar-refractivity contribution < 1.29 is 0 Å². The summed E-state index contributed by atoms with van der Waals surface area (Å²) in [5, 5.41) is 4.40. The highest BCUT2D eigenvalue weighted by Crippen LogP contribution is 2.43. The van der Waals surface area contributed by atoms with Crippen LogP contribution in [0.25, 0.3) is 0 Å². The van der Waals surface area contributed by atoms with E-state index in [0.717, 1.165) is 31.1 Å². The summed E-state index contributed by atoms with van der Waals surface area (Å²) in [7, 11) is 2.14. The predicted molar refractivity (Wildman–Crippen MR) is 71.3 cm³/mol. The largest absolute Gasteiger partial charge is 0.372 e. The van der Waals surface area contributed by atoms with Crippen LogP contribution in [-0.2, 0) is 6.42 Å². The minimum atomic E-state index is 0. The smallest absolute Gasteiger partial charge is 0.0642 e. The first-order chi connectivity index (χ1) is 7.27. The van der Waals surface area contributed by atoms with E-state index in [4.69, 9.17) is 11.6 Å². The molecule has 2 aliphatic heterocycles. The molecule has 0 amide bonds. The fraction of sp³-hybridized carbons (Fsp3) is 0.500. The van der Waals surface area contributed by atoms with E-state index < -0.39 is 0 Å². The van der Waals surface area contributed by atoms with Crippen LogP contribution in [0.2, 0.25) is 5.02 Å². The molecule has 0 aliphatic carbocycles. The van der Waals surface area contributed by atoms with E-state index in [1.54, 1.807) is 0 Å². The van der Waals surface area contributed by atoms with E-state index in [1.165, 1.54) is 16.8 Å². The lowest BCUT2D eigenvalue weighted by atomic mass is 9.95. The molecule has 2 heterocycles. The zero-order chi connectivity index (χ0) is 10.4. The summed E-state index contributed by atoms with van der Waals surface area (Å²) in [5.41, 5.74) is 4.24. The topological polar surface area (TPSA) is 15.3 Å². The minimum absolute atomic E-state index is 0. The Morgan fingerprint density at radius 3 is 3.06 bits per heavy atom. The maximum absolute atomic E-state index is 6.27. The highest BCUT2D eigenvalue weighted by atomic mass is 35.5. The van der Waals surface area contributed by atoms with E-state index in [9.17, 15) is 0 Å². The Hall–Kier alpha value is -0.440. The minimum Gasteiger partial charge on any atom is -0.372 e. The van der Waals surface area contributed by atoms with Crippen molar-refractivity contribution in [3.63, 3.8) is 0 Å². The van der Waals surface area contributed by atoms with Crippen molar-refractivity contribution in [1.29, 1.82) is 0 Å². The second-order valence-electron chi connectivity index (χ2n) is 4.50. The molecule has 1 N–H and O–H groups in total. The molecule has 1 aromatic carbocycles. The van der Waals surface area contributed by atoms with Crippen LogP contribution in [0.1, 0.15) is 17.0 Å². The van der Waals surface area contributed by atoms with E-state index in [2.05, 4.69) is 23.3 Å². The van der Waals surface area contributed by atoms with Gasteiger partial charge in [-0.1, -0.05) is 17.7 Å². The summed E-state index contributed by atoms with van der Waals surface area (Å²) in [4.78, 5) is 2.29. The molecule has 4 heteroatoms. The van der Waals surface area contributed by atoms with Gasteiger partial charge < -0.3 is 10.2 Å². The van der Waals surface area contributed by atoms with Gasteiger partial charge in [0.15, 0.2) is 0 Å². The van der Waals surface area contributed by atoms with Crippen LogP contribution in [0, 0.1) is 0 Å². The molecule has 2 nitrogen and oxygen atoms in total. The Morgan fingerprint density at radius 2 is 2.25 bits per heavy atom. The standard InChI is InChI=1S/C12H15ClN2.ClH/c1-15-7-9-6-14-5-4-8-2-3-10(13)12(15)11(8)9;/h2-3,9,14H,4-7H2,1H3;1H/t9-;/m0./s1. The van der Waals surface area contributed by atoms with E-state index in [1.807, 2.05) is 6.07 Å². The molecule has 0 bridgehead atoms. The molecule has 2 aliphatic rings. The summed E-state index contributed by atoms with van der Waals surface area (Å²) in [6.07, 6.45) is 1.13. The molecule has 0 unspecified atom stereocenters. The lowest BCUT2D eigenvalue weighted by Gasteiger charge is -2.15. The van der Waals surface area contributed by atoms with Gasteiger partial charge in [-0.05, 0) is 30.2 Å². The van der Waals surface area contributed by atoms with Crippen LogP contribution in [0.3, 0.4) is 0 Å². The van der Waals surface area contributed by atoms with Gasteiger partial charge in [0.25, 0.3) is 0 Å². The van der Waals surface area contributed by atoms with E-state index >= 15 is 0 Å². The van der Waals surface area contributed by atoms with Crippen molar-refractivity contribution in [1.82, 2.24) is 5.32 Å². The Bertz CT molecular complexity index is 406. The van der Waals surface area contributed by atoms with Crippen molar-refractivity contribution in [2.75, 3.05) is 31.6 Å². The van der Waals surface area contributed by atoms with Gasteiger partial charge in [-0.15, -0.1) is 12.4 Å². The molecule has 16 heavy (non-hydrogen) atoms. The molecule has 0 spiro atoms. The molecule has 1 atom stereocenters. The SMILES string of the molecule is CN1C[C@@H]2CNCCc3ccc(Cl)c1c32.Cl. The van der Waals surface area contributed by atoms with E-state index in [0.29, 0.717) is 5.92 Å². The molecule has 0 fully saturated rings. The number of nitrogens with one attached hydrogen (secondary N) is 1. The second-order valence-corrected chi connectivity index (χ2v) is 4.91. The van der Waals surface area contributed by atoms with Gasteiger partial charge in [0, 0.05) is 26.1 Å². The average Bonchev–Trinajstić information content (AvgIpc) is 2.43. The fourth-order valence-corrected chi connectivity index (χ4v) is 3.17. The monoisotopic (exact) mass is 258 g/mol. The van der Waals surface area contributed by atoms with Crippen LogP contribution in [0.4, 0.5) is 5.69 Å². The summed E-state index contributed by atoms with van der Waals surface area (Å²) in [6.45, 7) is 3.28. The molecular formula is C12H16Cl2N2. The Morgan fingerprint density at radius 1 is 1.44 bits per heavy atom. The quantitative estimate of drug-likeness (QED) is 0.769. The molecule has 0 aromatic heterocycles. The van der Waals surface area contributed by atoms with Crippen LogP contribution in [0.5, 0.6) is 0 Å². The number of rotatable bonds is 0. The second kappa shape index (κ2) is 4.44. The van der Waals surface area contributed by atoms with Crippen molar-refractivity contribution in [3.8, 4) is 0 Å². The third kappa shape index (κ3) is 1.69. The molecule has 0 saturated carbocycles. The van der Waals surface area contributed by atoms with Crippen molar-refractivity contribution >= 4 is 29.7 Å². The van der Waals surface area contributed by atoms with Gasteiger partial charge in [-0.2, -0.15) is 0 Å². The van der Waals surface area contributed by atoms with Crippen LogP contribution in [-0.4, -0.2) is 26.7 Å². The highest BCUT2D eigenvalue weighted by Gasteiger charge is 2.31. The van der Waals surface area contributed by atoms with Gasteiger partial charge in [0.1, 0.15) is 0 Å². The van der Waals surface area contributed by atoms with Crippen molar-refractivity contribution in [2.24, 2.45) is 0 Å². The zero-order valence-corrected chi connectivity index (χ0v) is 10.9. The number of anilines is 1. The Balaban J connectivity index is 0.000000963. The van der Waals surface area contributed by atoms with Crippen LogP contribution < -0.4 is 10.2 Å². The molecule has 1 aromatic rings. The van der Waals surface area contributed by atoms with Gasteiger partial charge >= 0.3 is 0 Å². The maximum atomic E-state index is 6.27. The number of nitrogens with zero attached hydrogens (tertiary/aromatic N) is 1. The first-order valence-electron chi connectivity index (χ1n) is 5.50. The summed E-state index contributed by atoms with van der Waals surface area (Å²) in [6, 6.07) is 4.24. The third-order valence-corrected chi connectivity index (χ3v) is 3.81. The average molecular weight is 259 g/mol. The predicted octanol–water partition coefficient (Wildman–Crippen LogP) is 2.44. The summed E-state index contributed by atoms with van der Waals surface area (Å²) in [5.74, 6) is 0.626. The molecule has 0 saturated heterocycles. The van der Waals surface area contributed by atoms with Gasteiger partial charge in [0.05, 0.1) is 10.7 Å². The number of hydrogen-bond donors (Lipinski definition) is 1. The Kier molecular flexibility index (Phi) is 3.34. The first-order valence-corrected chi connectivity index (χ1v) is 5.88. The van der Waals surface area contributed by atoms with Crippen LogP contribution >= 0.6 is 24.0 Å². The van der Waals surface area contributed by atoms with E-state index in [-0.39, 0.29) is 12.4 Å². The van der Waals surface area contributed by atoms with Crippen LogP contribution in [0.15, 0.2) is 12.1 Å². The highest BCUT2D eigenvalue weighted by molar-refractivity contribution is 6.33. The van der Waals surface area contributed by atoms with Gasteiger partial charge in [-0.3, -0.25) is 0 Å². The molecule has 3 rings (SSSR count).